The lowest BCUT2D eigenvalue weighted by Crippen LogP contribution is -2.06. The Balaban J connectivity index is 2.42. The first-order valence-electron chi connectivity index (χ1n) is 8.27. The highest BCUT2D eigenvalue weighted by atomic mass is 19.1. The minimum atomic E-state index is -0.412. The predicted molar refractivity (Wildman–Crippen MR) is 104 cm³/mol. The molecular formula is C22H21FO4. The molecule has 140 valence electrons. The number of carbonyl (C=O) groups excluding carboxylic acids is 1. The molecule has 2 rings (SSSR count). The molecule has 0 aromatic heterocycles. The Morgan fingerprint density at radius 1 is 1.07 bits per heavy atom. The average molecular weight is 368 g/mol. The van der Waals surface area contributed by atoms with E-state index in [0.29, 0.717) is 23.7 Å². The van der Waals surface area contributed by atoms with Crippen LogP contribution in [0.15, 0.2) is 67.8 Å². The standard InChI is InChI=1S/C22H21FO4/c1-4-12-26-17-14-20(25-3)22(21(15-17)27-13-5-2)19(24)11-10-16-8-6-7-9-18(16)23/h4-11,14-15H,1-2,12-13H2,3H3. The van der Waals surface area contributed by atoms with Crippen LogP contribution in [0, 0.1) is 5.82 Å². The number of methoxy groups -OCH3 is 1. The Bertz CT molecular complexity index is 855. The van der Waals surface area contributed by atoms with Crippen LogP contribution in [0.4, 0.5) is 4.39 Å². The summed E-state index contributed by atoms with van der Waals surface area (Å²) >= 11 is 0. The van der Waals surface area contributed by atoms with E-state index in [9.17, 15) is 9.18 Å². The smallest absolute Gasteiger partial charge is 0.193 e. The van der Waals surface area contributed by atoms with Crippen molar-refractivity contribution in [2.45, 2.75) is 0 Å². The monoisotopic (exact) mass is 368 g/mol. The molecule has 0 fully saturated rings. The average Bonchev–Trinajstić information content (AvgIpc) is 2.69. The van der Waals surface area contributed by atoms with Gasteiger partial charge in [0.15, 0.2) is 5.78 Å². The molecule has 0 aliphatic rings. The number of carbonyl (C=O) groups is 1. The van der Waals surface area contributed by atoms with E-state index in [1.807, 2.05) is 0 Å². The fourth-order valence-corrected chi connectivity index (χ4v) is 2.33. The van der Waals surface area contributed by atoms with Gasteiger partial charge in [-0.25, -0.2) is 4.39 Å². The molecular weight excluding hydrogens is 347 g/mol. The van der Waals surface area contributed by atoms with Crippen LogP contribution in [0.3, 0.4) is 0 Å². The fraction of sp³-hybridized carbons (Fsp3) is 0.136. The van der Waals surface area contributed by atoms with Crippen LogP contribution in [-0.4, -0.2) is 26.1 Å². The summed E-state index contributed by atoms with van der Waals surface area (Å²) in [5, 5.41) is 0. The Morgan fingerprint density at radius 3 is 2.41 bits per heavy atom. The summed E-state index contributed by atoms with van der Waals surface area (Å²) in [4.78, 5) is 12.8. The third-order valence-electron chi connectivity index (χ3n) is 3.55. The van der Waals surface area contributed by atoms with E-state index in [-0.39, 0.29) is 23.7 Å². The molecule has 0 saturated carbocycles. The lowest BCUT2D eigenvalue weighted by Gasteiger charge is -2.15. The van der Waals surface area contributed by atoms with Gasteiger partial charge in [0.2, 0.25) is 0 Å². The fourth-order valence-electron chi connectivity index (χ4n) is 2.33. The van der Waals surface area contributed by atoms with E-state index in [1.165, 1.54) is 25.3 Å². The molecule has 0 unspecified atom stereocenters. The van der Waals surface area contributed by atoms with Crippen LogP contribution in [-0.2, 0) is 0 Å². The van der Waals surface area contributed by atoms with Crippen molar-refractivity contribution in [1.29, 1.82) is 0 Å². The summed E-state index contributed by atoms with van der Waals surface area (Å²) in [7, 11) is 1.45. The second kappa shape index (κ2) is 9.97. The van der Waals surface area contributed by atoms with Gasteiger partial charge >= 0.3 is 0 Å². The number of ketones is 1. The first-order chi connectivity index (χ1) is 13.1. The topological polar surface area (TPSA) is 44.8 Å². The van der Waals surface area contributed by atoms with Crippen molar-refractivity contribution >= 4 is 11.9 Å². The zero-order chi connectivity index (χ0) is 19.6. The maximum absolute atomic E-state index is 13.8. The van der Waals surface area contributed by atoms with Crippen LogP contribution in [0.1, 0.15) is 15.9 Å². The molecule has 4 nitrogen and oxygen atoms in total. The highest BCUT2D eigenvalue weighted by Crippen LogP contribution is 2.35. The van der Waals surface area contributed by atoms with Crippen LogP contribution < -0.4 is 14.2 Å². The minimum absolute atomic E-state index is 0.200. The van der Waals surface area contributed by atoms with Crippen LogP contribution in [0.2, 0.25) is 0 Å². The first kappa shape index (κ1) is 20.0. The maximum atomic E-state index is 13.8. The molecule has 2 aromatic carbocycles. The van der Waals surface area contributed by atoms with Gasteiger partial charge in [-0.05, 0) is 18.2 Å². The highest BCUT2D eigenvalue weighted by molar-refractivity contribution is 6.10. The molecule has 0 radical (unpaired) electrons. The van der Waals surface area contributed by atoms with Crippen molar-refractivity contribution in [2.24, 2.45) is 0 Å². The quantitative estimate of drug-likeness (QED) is 0.341. The van der Waals surface area contributed by atoms with Gasteiger partial charge in [-0.1, -0.05) is 43.5 Å². The van der Waals surface area contributed by atoms with Crippen molar-refractivity contribution < 1.29 is 23.4 Å². The summed E-state index contributed by atoms with van der Waals surface area (Å²) in [6.07, 6.45) is 5.86. The minimum Gasteiger partial charge on any atom is -0.496 e. The number of hydrogen-bond acceptors (Lipinski definition) is 4. The number of benzene rings is 2. The summed E-state index contributed by atoms with van der Waals surface area (Å²) in [5.41, 5.74) is 0.530. The lowest BCUT2D eigenvalue weighted by atomic mass is 10.1. The largest absolute Gasteiger partial charge is 0.496 e. The molecule has 0 heterocycles. The Kier molecular flexibility index (Phi) is 7.37. The molecule has 0 aliphatic heterocycles. The van der Waals surface area contributed by atoms with Gasteiger partial charge in [0, 0.05) is 17.7 Å². The van der Waals surface area contributed by atoms with Gasteiger partial charge in [0.25, 0.3) is 0 Å². The second-order valence-electron chi connectivity index (χ2n) is 5.42. The number of halogens is 1. The third-order valence-corrected chi connectivity index (χ3v) is 3.55. The van der Waals surface area contributed by atoms with Gasteiger partial charge in [0.05, 0.1) is 7.11 Å². The number of allylic oxidation sites excluding steroid dienone is 1. The maximum Gasteiger partial charge on any atom is 0.193 e. The molecule has 0 amide bonds. The Labute approximate surface area is 158 Å². The Hall–Kier alpha value is -3.34. The molecule has 0 atom stereocenters. The van der Waals surface area contributed by atoms with Gasteiger partial charge < -0.3 is 14.2 Å². The summed E-state index contributed by atoms with van der Waals surface area (Å²) in [6, 6.07) is 9.37. The lowest BCUT2D eigenvalue weighted by molar-refractivity contribution is 0.104. The molecule has 5 heteroatoms. The van der Waals surface area contributed by atoms with Crippen LogP contribution in [0.5, 0.6) is 17.2 Å². The normalized spacial score (nSPS) is 10.4. The summed E-state index contributed by atoms with van der Waals surface area (Å²) < 4.78 is 30.2. The van der Waals surface area contributed by atoms with E-state index in [2.05, 4.69) is 13.2 Å². The summed E-state index contributed by atoms with van der Waals surface area (Å²) in [5.74, 6) is 0.255. The van der Waals surface area contributed by atoms with Gasteiger partial charge in [-0.15, -0.1) is 0 Å². The van der Waals surface area contributed by atoms with Gasteiger partial charge in [0.1, 0.15) is 41.8 Å². The van der Waals surface area contributed by atoms with Crippen molar-refractivity contribution in [2.75, 3.05) is 20.3 Å². The molecule has 0 bridgehead atoms. The van der Waals surface area contributed by atoms with Crippen LogP contribution in [0.25, 0.3) is 6.08 Å². The van der Waals surface area contributed by atoms with Gasteiger partial charge in [-0.3, -0.25) is 4.79 Å². The highest BCUT2D eigenvalue weighted by Gasteiger charge is 2.19. The second-order valence-corrected chi connectivity index (χ2v) is 5.42. The molecule has 0 saturated heterocycles. The van der Waals surface area contributed by atoms with Crippen molar-refractivity contribution in [1.82, 2.24) is 0 Å². The number of ether oxygens (including phenoxy) is 3. The number of hydrogen-bond donors (Lipinski definition) is 0. The van der Waals surface area contributed by atoms with E-state index >= 15 is 0 Å². The van der Waals surface area contributed by atoms with Crippen LogP contribution >= 0.6 is 0 Å². The van der Waals surface area contributed by atoms with E-state index in [4.69, 9.17) is 14.2 Å². The zero-order valence-electron chi connectivity index (χ0n) is 15.1. The predicted octanol–water partition coefficient (Wildman–Crippen LogP) is 4.86. The SMILES string of the molecule is C=CCOc1cc(OC)c(C(=O)C=Cc2ccccc2F)c(OCC=C)c1. The first-order valence-corrected chi connectivity index (χ1v) is 8.27. The molecule has 2 aromatic rings. The van der Waals surface area contributed by atoms with Crippen molar-refractivity contribution in [3.63, 3.8) is 0 Å². The van der Waals surface area contributed by atoms with Gasteiger partial charge in [-0.2, -0.15) is 0 Å². The van der Waals surface area contributed by atoms with E-state index in [1.54, 1.807) is 42.5 Å². The van der Waals surface area contributed by atoms with Crippen molar-refractivity contribution in [3.05, 3.63) is 84.7 Å². The zero-order valence-corrected chi connectivity index (χ0v) is 15.1. The summed E-state index contributed by atoms with van der Waals surface area (Å²) in [6.45, 7) is 7.71. The van der Waals surface area contributed by atoms with Crippen molar-refractivity contribution in [3.8, 4) is 17.2 Å². The van der Waals surface area contributed by atoms with E-state index < -0.39 is 5.82 Å². The molecule has 27 heavy (non-hydrogen) atoms. The molecule has 0 spiro atoms. The molecule has 0 N–H and O–H groups in total. The Morgan fingerprint density at radius 2 is 1.74 bits per heavy atom. The number of rotatable bonds is 10. The third kappa shape index (κ3) is 5.31. The van der Waals surface area contributed by atoms with E-state index in [0.717, 1.165) is 0 Å². The molecule has 0 aliphatic carbocycles.